The molecule has 0 spiro atoms. The van der Waals surface area contributed by atoms with E-state index in [1.807, 2.05) is 59.1 Å². The molecule has 0 unspecified atom stereocenters. The fourth-order valence-corrected chi connectivity index (χ4v) is 3.08. The number of amides is 1. The van der Waals surface area contributed by atoms with Crippen LogP contribution in [0.25, 0.3) is 16.9 Å². The second-order valence-corrected chi connectivity index (χ2v) is 6.12. The second-order valence-electron chi connectivity index (χ2n) is 6.12. The molecule has 2 aromatic heterocycles. The fourth-order valence-electron chi connectivity index (χ4n) is 3.08. The molecule has 4 aromatic rings. The van der Waals surface area contributed by atoms with Gasteiger partial charge in [0.15, 0.2) is 0 Å². The second kappa shape index (κ2) is 7.44. The van der Waals surface area contributed by atoms with Crippen LogP contribution < -0.4 is 14.8 Å². The molecule has 0 fully saturated rings. The SMILES string of the molecule is COc1ccc(OC)c(C(=O)Nc2c(-c3ccccc3)nc3ccccn23)c1. The molecular formula is C22H19N3O3. The Bertz CT molecular complexity index is 1140. The summed E-state index contributed by atoms with van der Waals surface area (Å²) < 4.78 is 12.5. The first-order chi connectivity index (χ1) is 13.7. The highest BCUT2D eigenvalue weighted by Crippen LogP contribution is 2.30. The van der Waals surface area contributed by atoms with Gasteiger partial charge in [-0.3, -0.25) is 9.20 Å². The zero-order chi connectivity index (χ0) is 19.5. The Morgan fingerprint density at radius 3 is 2.50 bits per heavy atom. The number of ether oxygens (including phenoxy) is 2. The van der Waals surface area contributed by atoms with Crippen molar-refractivity contribution in [1.29, 1.82) is 0 Å². The van der Waals surface area contributed by atoms with Gasteiger partial charge in [0.25, 0.3) is 5.91 Å². The van der Waals surface area contributed by atoms with Crippen LogP contribution in [0.1, 0.15) is 10.4 Å². The van der Waals surface area contributed by atoms with Crippen LogP contribution in [0.5, 0.6) is 11.5 Å². The molecule has 6 nitrogen and oxygen atoms in total. The highest BCUT2D eigenvalue weighted by Gasteiger charge is 2.19. The molecule has 2 aromatic carbocycles. The number of hydrogen-bond donors (Lipinski definition) is 1. The third-order valence-corrected chi connectivity index (χ3v) is 4.46. The van der Waals surface area contributed by atoms with Crippen molar-refractivity contribution in [3.8, 4) is 22.8 Å². The van der Waals surface area contributed by atoms with Crippen LogP contribution in [0.3, 0.4) is 0 Å². The smallest absolute Gasteiger partial charge is 0.260 e. The number of anilines is 1. The summed E-state index contributed by atoms with van der Waals surface area (Å²) in [6.45, 7) is 0. The lowest BCUT2D eigenvalue weighted by Gasteiger charge is -2.12. The molecule has 4 rings (SSSR count). The van der Waals surface area contributed by atoms with Gasteiger partial charge in [-0.1, -0.05) is 36.4 Å². The predicted octanol–water partition coefficient (Wildman–Crippen LogP) is 4.27. The average molecular weight is 373 g/mol. The first kappa shape index (κ1) is 17.6. The summed E-state index contributed by atoms with van der Waals surface area (Å²) in [4.78, 5) is 17.8. The zero-order valence-electron chi connectivity index (χ0n) is 15.5. The number of benzene rings is 2. The predicted molar refractivity (Wildman–Crippen MR) is 108 cm³/mol. The topological polar surface area (TPSA) is 64.9 Å². The van der Waals surface area contributed by atoms with E-state index >= 15 is 0 Å². The molecule has 0 saturated carbocycles. The van der Waals surface area contributed by atoms with Crippen molar-refractivity contribution in [1.82, 2.24) is 9.38 Å². The number of nitrogens with zero attached hydrogens (tertiary/aromatic N) is 2. The third-order valence-electron chi connectivity index (χ3n) is 4.46. The molecule has 2 heterocycles. The van der Waals surface area contributed by atoms with E-state index in [0.717, 1.165) is 11.2 Å². The summed E-state index contributed by atoms with van der Waals surface area (Å²) in [5.41, 5.74) is 2.74. The summed E-state index contributed by atoms with van der Waals surface area (Å²) in [5, 5.41) is 3.00. The molecular weight excluding hydrogens is 354 g/mol. The van der Waals surface area contributed by atoms with Crippen molar-refractivity contribution in [3.05, 3.63) is 78.5 Å². The lowest BCUT2D eigenvalue weighted by atomic mass is 10.1. The number of carbonyl (C=O) groups is 1. The Balaban J connectivity index is 1.81. The van der Waals surface area contributed by atoms with E-state index < -0.39 is 0 Å². The standard InChI is InChI=1S/C22H19N3O3/c1-27-16-11-12-18(28-2)17(14-16)22(26)24-21-20(15-8-4-3-5-9-15)23-19-10-6-7-13-25(19)21/h3-14H,1-2H3,(H,24,26). The summed E-state index contributed by atoms with van der Waals surface area (Å²) in [5.74, 6) is 1.33. The fraction of sp³-hybridized carbons (Fsp3) is 0.0909. The van der Waals surface area contributed by atoms with Gasteiger partial charge < -0.3 is 14.8 Å². The average Bonchev–Trinajstić information content (AvgIpc) is 3.12. The first-order valence-corrected chi connectivity index (χ1v) is 8.77. The minimum atomic E-state index is -0.307. The number of pyridine rings is 1. The van der Waals surface area contributed by atoms with Gasteiger partial charge >= 0.3 is 0 Å². The van der Waals surface area contributed by atoms with Crippen LogP contribution in [-0.2, 0) is 0 Å². The maximum atomic E-state index is 13.1. The highest BCUT2D eigenvalue weighted by atomic mass is 16.5. The molecule has 0 aliphatic carbocycles. The largest absolute Gasteiger partial charge is 0.497 e. The molecule has 1 amide bonds. The Kier molecular flexibility index (Phi) is 4.68. The summed E-state index contributed by atoms with van der Waals surface area (Å²) in [6.07, 6.45) is 1.87. The zero-order valence-corrected chi connectivity index (χ0v) is 15.5. The molecule has 28 heavy (non-hydrogen) atoms. The number of aromatic nitrogens is 2. The van der Waals surface area contributed by atoms with Crippen molar-refractivity contribution in [2.75, 3.05) is 19.5 Å². The number of methoxy groups -OCH3 is 2. The van der Waals surface area contributed by atoms with Gasteiger partial charge in [-0.2, -0.15) is 0 Å². The Hall–Kier alpha value is -3.80. The highest BCUT2D eigenvalue weighted by molar-refractivity contribution is 6.07. The monoisotopic (exact) mass is 373 g/mol. The number of rotatable bonds is 5. The number of carbonyl (C=O) groups excluding carboxylic acids is 1. The van der Waals surface area contributed by atoms with Crippen molar-refractivity contribution in [3.63, 3.8) is 0 Å². The molecule has 0 atom stereocenters. The van der Waals surface area contributed by atoms with Gasteiger partial charge in [-0.05, 0) is 30.3 Å². The van der Waals surface area contributed by atoms with E-state index in [0.29, 0.717) is 28.6 Å². The number of hydrogen-bond acceptors (Lipinski definition) is 4. The van der Waals surface area contributed by atoms with Gasteiger partial charge in [0.1, 0.15) is 28.7 Å². The van der Waals surface area contributed by atoms with E-state index in [1.165, 1.54) is 7.11 Å². The normalized spacial score (nSPS) is 10.6. The van der Waals surface area contributed by atoms with Crippen molar-refractivity contribution in [2.24, 2.45) is 0 Å². The third kappa shape index (κ3) is 3.16. The summed E-state index contributed by atoms with van der Waals surface area (Å²) in [6, 6.07) is 20.6. The summed E-state index contributed by atoms with van der Waals surface area (Å²) in [7, 11) is 3.09. The van der Waals surface area contributed by atoms with Crippen LogP contribution in [0.4, 0.5) is 5.82 Å². The van der Waals surface area contributed by atoms with Crippen LogP contribution in [0.15, 0.2) is 72.9 Å². The molecule has 0 bridgehead atoms. The minimum absolute atomic E-state index is 0.307. The Morgan fingerprint density at radius 2 is 1.75 bits per heavy atom. The van der Waals surface area contributed by atoms with E-state index in [-0.39, 0.29) is 5.91 Å². The number of nitrogens with one attached hydrogen (secondary N) is 1. The van der Waals surface area contributed by atoms with Crippen LogP contribution in [0, 0.1) is 0 Å². The van der Waals surface area contributed by atoms with Gasteiger partial charge in [-0.25, -0.2) is 4.98 Å². The van der Waals surface area contributed by atoms with E-state index in [4.69, 9.17) is 14.5 Å². The van der Waals surface area contributed by atoms with Crippen molar-refractivity contribution in [2.45, 2.75) is 0 Å². The lowest BCUT2D eigenvalue weighted by molar-refractivity contribution is 0.102. The van der Waals surface area contributed by atoms with Crippen molar-refractivity contribution >= 4 is 17.4 Å². The maximum Gasteiger partial charge on any atom is 0.260 e. The van der Waals surface area contributed by atoms with Gasteiger partial charge in [0.05, 0.1) is 19.8 Å². The molecule has 0 aliphatic heterocycles. The van der Waals surface area contributed by atoms with Crippen LogP contribution >= 0.6 is 0 Å². The molecule has 1 N–H and O–H groups in total. The van der Waals surface area contributed by atoms with E-state index in [9.17, 15) is 4.79 Å². The molecule has 6 heteroatoms. The van der Waals surface area contributed by atoms with Crippen molar-refractivity contribution < 1.29 is 14.3 Å². The van der Waals surface area contributed by atoms with E-state index in [2.05, 4.69) is 5.32 Å². The van der Waals surface area contributed by atoms with Gasteiger partial charge in [0, 0.05) is 11.8 Å². The summed E-state index contributed by atoms with van der Waals surface area (Å²) >= 11 is 0. The molecule has 0 aliphatic rings. The van der Waals surface area contributed by atoms with Crippen LogP contribution in [0.2, 0.25) is 0 Å². The first-order valence-electron chi connectivity index (χ1n) is 8.77. The van der Waals surface area contributed by atoms with Crippen LogP contribution in [-0.4, -0.2) is 29.5 Å². The Labute approximate surface area is 162 Å². The molecule has 0 saturated heterocycles. The number of fused-ring (bicyclic) bond motifs is 1. The lowest BCUT2D eigenvalue weighted by Crippen LogP contribution is -2.15. The van der Waals surface area contributed by atoms with Gasteiger partial charge in [0.2, 0.25) is 0 Å². The van der Waals surface area contributed by atoms with E-state index in [1.54, 1.807) is 25.3 Å². The Morgan fingerprint density at radius 1 is 0.964 bits per heavy atom. The molecule has 0 radical (unpaired) electrons. The molecule has 140 valence electrons. The minimum Gasteiger partial charge on any atom is -0.497 e. The number of imidazole rings is 1. The quantitative estimate of drug-likeness (QED) is 0.567. The van der Waals surface area contributed by atoms with Gasteiger partial charge in [-0.15, -0.1) is 0 Å². The maximum absolute atomic E-state index is 13.1.